The third kappa shape index (κ3) is 2.73. The number of nitrogens with two attached hydrogens (primary N) is 1. The van der Waals surface area contributed by atoms with E-state index in [1.807, 2.05) is 18.2 Å². The van der Waals surface area contributed by atoms with Crippen molar-refractivity contribution in [3.05, 3.63) is 34.9 Å². The van der Waals surface area contributed by atoms with Crippen LogP contribution in [0.4, 0.5) is 11.4 Å². The van der Waals surface area contributed by atoms with Gasteiger partial charge in [-0.3, -0.25) is 0 Å². The van der Waals surface area contributed by atoms with E-state index in [9.17, 15) is 0 Å². The summed E-state index contributed by atoms with van der Waals surface area (Å²) in [6.45, 7) is 0.738. The van der Waals surface area contributed by atoms with E-state index in [1.165, 1.54) is 6.39 Å². The van der Waals surface area contributed by atoms with Gasteiger partial charge in [0.15, 0.2) is 5.82 Å². The summed E-state index contributed by atoms with van der Waals surface area (Å²) >= 11 is 3.43. The number of nitrogens with zero attached hydrogens (tertiary/aromatic N) is 2. The van der Waals surface area contributed by atoms with Crippen molar-refractivity contribution >= 4 is 27.3 Å². The molecule has 3 N–H and O–H groups in total. The fraction of sp³-hybridized carbons (Fsp3) is 0.200. The van der Waals surface area contributed by atoms with Gasteiger partial charge in [0.1, 0.15) is 0 Å². The Bertz CT molecular complexity index is 458. The molecule has 0 aliphatic heterocycles. The highest BCUT2D eigenvalue weighted by atomic mass is 79.9. The lowest BCUT2D eigenvalue weighted by molar-refractivity contribution is 0.410. The van der Waals surface area contributed by atoms with E-state index >= 15 is 0 Å². The van der Waals surface area contributed by atoms with Crippen molar-refractivity contribution in [1.82, 2.24) is 10.1 Å². The lowest BCUT2D eigenvalue weighted by Gasteiger charge is -2.07. The van der Waals surface area contributed by atoms with Gasteiger partial charge in [-0.2, -0.15) is 4.98 Å². The first-order valence-corrected chi connectivity index (χ1v) is 5.59. The first-order chi connectivity index (χ1) is 7.75. The standard InChI is InChI=1S/C10H11BrN4O/c11-8-5-7(12)1-2-9(8)13-4-3-10-14-6-16-15-10/h1-2,5-6,13H,3-4,12H2. The van der Waals surface area contributed by atoms with Crippen molar-refractivity contribution in [3.63, 3.8) is 0 Å². The number of anilines is 2. The molecule has 0 aliphatic rings. The van der Waals surface area contributed by atoms with Crippen molar-refractivity contribution in [2.45, 2.75) is 6.42 Å². The topological polar surface area (TPSA) is 77.0 Å². The van der Waals surface area contributed by atoms with Crippen LogP contribution in [0.1, 0.15) is 5.82 Å². The smallest absolute Gasteiger partial charge is 0.213 e. The van der Waals surface area contributed by atoms with Gasteiger partial charge in [-0.25, -0.2) is 0 Å². The molecule has 0 aliphatic carbocycles. The molecule has 2 aromatic rings. The molecule has 0 bridgehead atoms. The highest BCUT2D eigenvalue weighted by Gasteiger charge is 2.01. The summed E-state index contributed by atoms with van der Waals surface area (Å²) in [5.74, 6) is 0.694. The normalized spacial score (nSPS) is 10.3. The van der Waals surface area contributed by atoms with Crippen LogP contribution >= 0.6 is 15.9 Å². The molecule has 84 valence electrons. The average Bonchev–Trinajstić information content (AvgIpc) is 2.74. The Balaban J connectivity index is 1.90. The lowest BCUT2D eigenvalue weighted by Crippen LogP contribution is -2.06. The Hall–Kier alpha value is -1.56. The predicted molar refractivity (Wildman–Crippen MR) is 65.0 cm³/mol. The van der Waals surface area contributed by atoms with Crippen LogP contribution in [0.25, 0.3) is 0 Å². The molecule has 6 heteroatoms. The Morgan fingerprint density at radius 3 is 3.00 bits per heavy atom. The zero-order valence-electron chi connectivity index (χ0n) is 8.48. The summed E-state index contributed by atoms with van der Waals surface area (Å²) in [7, 11) is 0. The molecule has 1 aromatic carbocycles. The Kier molecular flexibility index (Phi) is 3.40. The van der Waals surface area contributed by atoms with Crippen molar-refractivity contribution in [3.8, 4) is 0 Å². The molecule has 1 aromatic heterocycles. The number of nitrogen functional groups attached to an aromatic ring is 1. The number of rotatable bonds is 4. The SMILES string of the molecule is Nc1ccc(NCCc2ncon2)c(Br)c1. The number of hydrogen-bond acceptors (Lipinski definition) is 5. The van der Waals surface area contributed by atoms with E-state index < -0.39 is 0 Å². The van der Waals surface area contributed by atoms with Crippen LogP contribution in [0, 0.1) is 0 Å². The molecule has 0 saturated carbocycles. The summed E-state index contributed by atoms with van der Waals surface area (Å²) in [4.78, 5) is 3.93. The number of aromatic nitrogens is 2. The maximum Gasteiger partial charge on any atom is 0.213 e. The Labute approximate surface area is 101 Å². The average molecular weight is 283 g/mol. The van der Waals surface area contributed by atoms with Gasteiger partial charge in [0.2, 0.25) is 6.39 Å². The fourth-order valence-electron chi connectivity index (χ4n) is 1.29. The molecule has 0 atom stereocenters. The molecule has 16 heavy (non-hydrogen) atoms. The molecule has 0 saturated heterocycles. The molecule has 0 amide bonds. The Morgan fingerprint density at radius 2 is 2.31 bits per heavy atom. The zero-order valence-corrected chi connectivity index (χ0v) is 10.1. The summed E-state index contributed by atoms with van der Waals surface area (Å²) in [5.41, 5.74) is 7.37. The van der Waals surface area contributed by atoms with Gasteiger partial charge in [-0.05, 0) is 34.1 Å². The lowest BCUT2D eigenvalue weighted by atomic mass is 10.3. The van der Waals surface area contributed by atoms with Crippen LogP contribution in [0.5, 0.6) is 0 Å². The van der Waals surface area contributed by atoms with Crippen molar-refractivity contribution in [1.29, 1.82) is 0 Å². The van der Waals surface area contributed by atoms with Gasteiger partial charge in [0.05, 0.1) is 0 Å². The summed E-state index contributed by atoms with van der Waals surface area (Å²) in [5, 5.41) is 6.98. The minimum Gasteiger partial charge on any atom is -0.399 e. The first kappa shape index (κ1) is 10.9. The minimum absolute atomic E-state index is 0.694. The molecular formula is C10H11BrN4O. The second-order valence-corrected chi connectivity index (χ2v) is 4.12. The molecule has 1 heterocycles. The van der Waals surface area contributed by atoms with Crippen LogP contribution in [-0.2, 0) is 6.42 Å². The van der Waals surface area contributed by atoms with Gasteiger partial charge >= 0.3 is 0 Å². The summed E-state index contributed by atoms with van der Waals surface area (Å²) in [6, 6.07) is 5.63. The largest absolute Gasteiger partial charge is 0.399 e. The van der Waals surface area contributed by atoms with Gasteiger partial charge in [-0.1, -0.05) is 5.16 Å². The molecule has 5 nitrogen and oxygen atoms in total. The van der Waals surface area contributed by atoms with E-state index in [4.69, 9.17) is 5.73 Å². The third-order valence-corrected chi connectivity index (χ3v) is 2.72. The number of hydrogen-bond donors (Lipinski definition) is 2. The monoisotopic (exact) mass is 282 g/mol. The quantitative estimate of drug-likeness (QED) is 0.840. The highest BCUT2D eigenvalue weighted by molar-refractivity contribution is 9.10. The minimum atomic E-state index is 0.694. The van der Waals surface area contributed by atoms with E-state index in [-0.39, 0.29) is 0 Å². The van der Waals surface area contributed by atoms with Gasteiger partial charge in [-0.15, -0.1) is 0 Å². The molecule has 0 spiro atoms. The molecular weight excluding hydrogens is 272 g/mol. The van der Waals surface area contributed by atoms with Crippen molar-refractivity contribution < 1.29 is 4.52 Å². The van der Waals surface area contributed by atoms with Gasteiger partial charge in [0, 0.05) is 28.8 Å². The second-order valence-electron chi connectivity index (χ2n) is 3.26. The molecule has 0 fully saturated rings. The zero-order chi connectivity index (χ0) is 11.4. The van der Waals surface area contributed by atoms with Gasteiger partial charge < -0.3 is 15.6 Å². The van der Waals surface area contributed by atoms with Crippen LogP contribution in [0.15, 0.2) is 33.6 Å². The van der Waals surface area contributed by atoms with Crippen molar-refractivity contribution in [2.24, 2.45) is 0 Å². The maximum atomic E-state index is 5.64. The fourth-order valence-corrected chi connectivity index (χ4v) is 1.82. The highest BCUT2D eigenvalue weighted by Crippen LogP contribution is 2.24. The first-order valence-electron chi connectivity index (χ1n) is 4.80. The summed E-state index contributed by atoms with van der Waals surface area (Å²) < 4.78 is 5.59. The predicted octanol–water partition coefficient (Wildman–Crippen LogP) is 2.07. The van der Waals surface area contributed by atoms with E-state index in [2.05, 4.69) is 35.9 Å². The van der Waals surface area contributed by atoms with Crippen LogP contribution in [-0.4, -0.2) is 16.7 Å². The number of halogens is 1. The molecule has 2 rings (SSSR count). The second kappa shape index (κ2) is 4.98. The maximum absolute atomic E-state index is 5.64. The molecule has 0 radical (unpaired) electrons. The molecule has 0 unspecified atom stereocenters. The van der Waals surface area contributed by atoms with Crippen LogP contribution in [0.3, 0.4) is 0 Å². The van der Waals surface area contributed by atoms with Gasteiger partial charge in [0.25, 0.3) is 0 Å². The summed E-state index contributed by atoms with van der Waals surface area (Å²) in [6.07, 6.45) is 2.04. The van der Waals surface area contributed by atoms with E-state index in [0.717, 1.165) is 22.4 Å². The van der Waals surface area contributed by atoms with E-state index in [0.29, 0.717) is 12.2 Å². The van der Waals surface area contributed by atoms with E-state index in [1.54, 1.807) is 0 Å². The van der Waals surface area contributed by atoms with Crippen LogP contribution in [0.2, 0.25) is 0 Å². The van der Waals surface area contributed by atoms with Crippen LogP contribution < -0.4 is 11.1 Å². The number of nitrogens with one attached hydrogen (secondary N) is 1. The van der Waals surface area contributed by atoms with Crippen molar-refractivity contribution in [2.75, 3.05) is 17.6 Å². The Morgan fingerprint density at radius 1 is 1.44 bits per heavy atom. The third-order valence-electron chi connectivity index (χ3n) is 2.06. The number of benzene rings is 1.